The van der Waals surface area contributed by atoms with E-state index in [0.29, 0.717) is 18.7 Å². The van der Waals surface area contributed by atoms with Crippen LogP contribution in [0.5, 0.6) is 0 Å². The van der Waals surface area contributed by atoms with Crippen molar-refractivity contribution in [2.75, 3.05) is 32.4 Å². The number of benzene rings is 1. The molecular weight excluding hydrogens is 319 g/mol. The Morgan fingerprint density at radius 1 is 1.13 bits per heavy atom. The molecule has 1 rings (SSSR count). The summed E-state index contributed by atoms with van der Waals surface area (Å²) >= 11 is 0. The van der Waals surface area contributed by atoms with Crippen LogP contribution in [0.25, 0.3) is 0 Å². The molecule has 1 amide bonds. The second kappa shape index (κ2) is 8.98. The number of hydrogen-bond donors (Lipinski definition) is 0. The maximum atomic E-state index is 13.6. The van der Waals surface area contributed by atoms with Gasteiger partial charge in [0.1, 0.15) is 5.82 Å². The van der Waals surface area contributed by atoms with Crippen LogP contribution in [0.1, 0.15) is 25.8 Å². The maximum Gasteiger partial charge on any atom is 0.223 e. The highest BCUT2D eigenvalue weighted by Gasteiger charge is 2.19. The SMILES string of the molecule is CCN(CC)C(=O)CCN(CCc1ccccc1F)S(C)(=O)=O. The van der Waals surface area contributed by atoms with Gasteiger partial charge in [-0.3, -0.25) is 4.79 Å². The molecular formula is C16H25FN2O3S. The Morgan fingerprint density at radius 3 is 2.26 bits per heavy atom. The average molecular weight is 344 g/mol. The van der Waals surface area contributed by atoms with Gasteiger partial charge in [-0.1, -0.05) is 18.2 Å². The summed E-state index contributed by atoms with van der Waals surface area (Å²) in [7, 11) is -3.44. The van der Waals surface area contributed by atoms with Gasteiger partial charge in [-0.25, -0.2) is 17.1 Å². The molecule has 0 saturated heterocycles. The van der Waals surface area contributed by atoms with Crippen LogP contribution in [0.15, 0.2) is 24.3 Å². The molecule has 0 saturated carbocycles. The highest BCUT2D eigenvalue weighted by Crippen LogP contribution is 2.10. The lowest BCUT2D eigenvalue weighted by molar-refractivity contribution is -0.130. The number of carbonyl (C=O) groups is 1. The number of halogens is 1. The first-order chi connectivity index (χ1) is 10.8. The molecule has 0 unspecified atom stereocenters. The summed E-state index contributed by atoms with van der Waals surface area (Å²) in [6.45, 7) is 5.24. The number of amides is 1. The fraction of sp³-hybridized carbons (Fsp3) is 0.562. The van der Waals surface area contributed by atoms with Crippen molar-refractivity contribution in [3.63, 3.8) is 0 Å². The Labute approximate surface area is 138 Å². The first-order valence-electron chi connectivity index (χ1n) is 7.75. The third-order valence-corrected chi connectivity index (χ3v) is 5.05. The minimum atomic E-state index is -3.44. The number of rotatable bonds is 9. The normalized spacial score (nSPS) is 11.7. The summed E-state index contributed by atoms with van der Waals surface area (Å²) in [5.74, 6) is -0.422. The zero-order valence-electron chi connectivity index (χ0n) is 14.0. The molecule has 0 radical (unpaired) electrons. The van der Waals surface area contributed by atoms with Crippen LogP contribution in [0.2, 0.25) is 0 Å². The van der Waals surface area contributed by atoms with Crippen molar-refractivity contribution >= 4 is 15.9 Å². The molecule has 0 heterocycles. The van der Waals surface area contributed by atoms with Gasteiger partial charge in [0.05, 0.1) is 6.26 Å². The van der Waals surface area contributed by atoms with E-state index >= 15 is 0 Å². The standard InChI is InChI=1S/C16H25FN2O3S/c1-4-18(5-2)16(20)11-13-19(23(3,21)22)12-10-14-8-6-7-9-15(14)17/h6-9H,4-5,10-13H2,1-3H3. The van der Waals surface area contributed by atoms with E-state index < -0.39 is 10.0 Å². The van der Waals surface area contributed by atoms with Gasteiger partial charge >= 0.3 is 0 Å². The third-order valence-electron chi connectivity index (χ3n) is 3.75. The smallest absolute Gasteiger partial charge is 0.223 e. The molecule has 23 heavy (non-hydrogen) atoms. The summed E-state index contributed by atoms with van der Waals surface area (Å²) in [5.41, 5.74) is 0.469. The minimum Gasteiger partial charge on any atom is -0.343 e. The highest BCUT2D eigenvalue weighted by molar-refractivity contribution is 7.88. The van der Waals surface area contributed by atoms with Gasteiger partial charge in [-0.2, -0.15) is 0 Å². The second-order valence-corrected chi connectivity index (χ2v) is 7.30. The van der Waals surface area contributed by atoms with E-state index in [-0.39, 0.29) is 37.7 Å². The largest absolute Gasteiger partial charge is 0.343 e. The van der Waals surface area contributed by atoms with Crippen LogP contribution in [0.4, 0.5) is 4.39 Å². The van der Waals surface area contributed by atoms with Gasteiger partial charge in [0.2, 0.25) is 15.9 Å². The van der Waals surface area contributed by atoms with Crippen molar-refractivity contribution in [3.05, 3.63) is 35.6 Å². The van der Waals surface area contributed by atoms with E-state index in [4.69, 9.17) is 0 Å². The Bertz CT molecular complexity index is 616. The topological polar surface area (TPSA) is 57.7 Å². The molecule has 7 heteroatoms. The van der Waals surface area contributed by atoms with E-state index in [2.05, 4.69) is 0 Å². The molecule has 1 aromatic rings. The predicted molar refractivity (Wildman–Crippen MR) is 89.1 cm³/mol. The van der Waals surface area contributed by atoms with Crippen molar-refractivity contribution in [1.82, 2.24) is 9.21 Å². The van der Waals surface area contributed by atoms with E-state index in [0.717, 1.165) is 6.26 Å². The summed E-state index contributed by atoms with van der Waals surface area (Å²) in [6, 6.07) is 6.30. The Hall–Kier alpha value is -1.47. The van der Waals surface area contributed by atoms with Gasteiger partial charge in [0, 0.05) is 32.6 Å². The molecule has 0 aromatic heterocycles. The van der Waals surface area contributed by atoms with Gasteiger partial charge in [-0.15, -0.1) is 0 Å². The molecule has 5 nitrogen and oxygen atoms in total. The molecule has 130 valence electrons. The molecule has 0 atom stereocenters. The van der Waals surface area contributed by atoms with Crippen molar-refractivity contribution in [2.24, 2.45) is 0 Å². The van der Waals surface area contributed by atoms with E-state index in [9.17, 15) is 17.6 Å². The lowest BCUT2D eigenvalue weighted by Crippen LogP contribution is -2.37. The molecule has 0 bridgehead atoms. The maximum absolute atomic E-state index is 13.6. The highest BCUT2D eigenvalue weighted by atomic mass is 32.2. The lowest BCUT2D eigenvalue weighted by atomic mass is 10.1. The molecule has 0 aliphatic heterocycles. The van der Waals surface area contributed by atoms with Gasteiger partial charge < -0.3 is 4.90 Å². The number of sulfonamides is 1. The van der Waals surface area contributed by atoms with Crippen molar-refractivity contribution in [3.8, 4) is 0 Å². The predicted octanol–water partition coefficient (Wildman–Crippen LogP) is 1.89. The Kier molecular flexibility index (Phi) is 7.64. The van der Waals surface area contributed by atoms with Crippen molar-refractivity contribution in [1.29, 1.82) is 0 Å². The van der Waals surface area contributed by atoms with Gasteiger partial charge in [0.15, 0.2) is 0 Å². The van der Waals surface area contributed by atoms with Crippen molar-refractivity contribution < 1.29 is 17.6 Å². The summed E-state index contributed by atoms with van der Waals surface area (Å²) in [6.07, 6.45) is 1.52. The fourth-order valence-corrected chi connectivity index (χ4v) is 3.19. The Morgan fingerprint density at radius 2 is 1.74 bits per heavy atom. The third kappa shape index (κ3) is 6.27. The molecule has 0 aliphatic carbocycles. The van der Waals surface area contributed by atoms with E-state index in [1.165, 1.54) is 10.4 Å². The summed E-state index contributed by atoms with van der Waals surface area (Å²) in [4.78, 5) is 13.7. The van der Waals surface area contributed by atoms with Crippen molar-refractivity contribution in [2.45, 2.75) is 26.7 Å². The average Bonchev–Trinajstić information content (AvgIpc) is 2.48. The quantitative estimate of drug-likeness (QED) is 0.687. The van der Waals surface area contributed by atoms with Gasteiger partial charge in [-0.05, 0) is 31.9 Å². The molecule has 0 N–H and O–H groups in total. The van der Waals surface area contributed by atoms with Crippen LogP contribution in [-0.4, -0.2) is 56.0 Å². The number of carbonyl (C=O) groups excluding carboxylic acids is 1. The number of hydrogen-bond acceptors (Lipinski definition) is 3. The zero-order chi connectivity index (χ0) is 17.5. The summed E-state index contributed by atoms with van der Waals surface area (Å²) < 4.78 is 38.6. The fourth-order valence-electron chi connectivity index (χ4n) is 2.34. The minimum absolute atomic E-state index is 0.0745. The van der Waals surface area contributed by atoms with Crippen LogP contribution < -0.4 is 0 Å². The molecule has 0 aliphatic rings. The molecule has 0 spiro atoms. The summed E-state index contributed by atoms with van der Waals surface area (Å²) in [5, 5.41) is 0. The van der Waals surface area contributed by atoms with E-state index in [1.807, 2.05) is 13.8 Å². The van der Waals surface area contributed by atoms with Crippen LogP contribution in [-0.2, 0) is 21.2 Å². The first-order valence-corrected chi connectivity index (χ1v) is 9.60. The van der Waals surface area contributed by atoms with Crippen LogP contribution >= 0.6 is 0 Å². The van der Waals surface area contributed by atoms with Gasteiger partial charge in [0.25, 0.3) is 0 Å². The molecule has 0 fully saturated rings. The van der Waals surface area contributed by atoms with Crippen LogP contribution in [0, 0.1) is 5.82 Å². The Balaban J connectivity index is 2.68. The molecule has 1 aromatic carbocycles. The first kappa shape index (κ1) is 19.6. The monoisotopic (exact) mass is 344 g/mol. The second-order valence-electron chi connectivity index (χ2n) is 5.32. The number of nitrogens with zero attached hydrogens (tertiary/aromatic N) is 2. The van der Waals surface area contributed by atoms with E-state index in [1.54, 1.807) is 23.1 Å². The zero-order valence-corrected chi connectivity index (χ0v) is 14.8. The van der Waals surface area contributed by atoms with Crippen LogP contribution in [0.3, 0.4) is 0 Å². The lowest BCUT2D eigenvalue weighted by Gasteiger charge is -2.23.